The SMILES string of the molecule is CCNC(=NCC(O)c1ccncc1)NC(C)Cc1c(C)nn(C)c1C. The fraction of sp³-hybridized carbons (Fsp3) is 0.526. The van der Waals surface area contributed by atoms with Crippen LogP contribution in [0.5, 0.6) is 0 Å². The van der Waals surface area contributed by atoms with Gasteiger partial charge in [0.1, 0.15) is 0 Å². The third-order valence-corrected chi connectivity index (χ3v) is 4.41. The molecule has 7 heteroatoms. The molecule has 0 aliphatic rings. The smallest absolute Gasteiger partial charge is 0.191 e. The summed E-state index contributed by atoms with van der Waals surface area (Å²) >= 11 is 0. The number of rotatable bonds is 7. The van der Waals surface area contributed by atoms with Gasteiger partial charge in [0.15, 0.2) is 5.96 Å². The van der Waals surface area contributed by atoms with E-state index >= 15 is 0 Å². The van der Waals surface area contributed by atoms with Crippen molar-refractivity contribution in [3.8, 4) is 0 Å². The highest BCUT2D eigenvalue weighted by atomic mass is 16.3. The Morgan fingerprint density at radius 3 is 2.58 bits per heavy atom. The Morgan fingerprint density at radius 1 is 1.31 bits per heavy atom. The third kappa shape index (κ3) is 5.29. The average molecular weight is 358 g/mol. The molecular weight excluding hydrogens is 328 g/mol. The van der Waals surface area contributed by atoms with Crippen LogP contribution in [0.4, 0.5) is 0 Å². The molecular formula is C19H30N6O. The van der Waals surface area contributed by atoms with Gasteiger partial charge in [0.2, 0.25) is 0 Å². The van der Waals surface area contributed by atoms with Crippen molar-refractivity contribution in [1.29, 1.82) is 0 Å². The van der Waals surface area contributed by atoms with Crippen LogP contribution >= 0.6 is 0 Å². The number of aliphatic hydroxyl groups excluding tert-OH is 1. The summed E-state index contributed by atoms with van der Waals surface area (Å²) in [6.07, 6.45) is 3.56. The Hall–Kier alpha value is -2.41. The molecule has 142 valence electrons. The summed E-state index contributed by atoms with van der Waals surface area (Å²) in [6.45, 7) is 9.33. The highest BCUT2D eigenvalue weighted by Gasteiger charge is 2.14. The van der Waals surface area contributed by atoms with Gasteiger partial charge < -0.3 is 15.7 Å². The van der Waals surface area contributed by atoms with E-state index in [-0.39, 0.29) is 12.6 Å². The highest BCUT2D eigenvalue weighted by Crippen LogP contribution is 2.14. The first-order chi connectivity index (χ1) is 12.4. The maximum absolute atomic E-state index is 10.3. The van der Waals surface area contributed by atoms with Crippen molar-refractivity contribution in [2.45, 2.75) is 46.3 Å². The van der Waals surface area contributed by atoms with Crippen LogP contribution in [0.2, 0.25) is 0 Å². The van der Waals surface area contributed by atoms with Crippen molar-refractivity contribution in [2.24, 2.45) is 12.0 Å². The van der Waals surface area contributed by atoms with E-state index in [1.54, 1.807) is 24.5 Å². The quantitative estimate of drug-likeness (QED) is 0.517. The Labute approximate surface area is 155 Å². The molecule has 0 saturated carbocycles. The number of nitrogens with zero attached hydrogens (tertiary/aromatic N) is 4. The Kier molecular flexibility index (Phi) is 7.15. The predicted octanol–water partition coefficient (Wildman–Crippen LogP) is 1.65. The summed E-state index contributed by atoms with van der Waals surface area (Å²) < 4.78 is 1.92. The summed E-state index contributed by atoms with van der Waals surface area (Å²) in [5, 5.41) is 21.4. The van der Waals surface area contributed by atoms with Crippen molar-refractivity contribution in [3.05, 3.63) is 47.0 Å². The van der Waals surface area contributed by atoms with E-state index in [0.717, 1.165) is 24.2 Å². The fourth-order valence-electron chi connectivity index (χ4n) is 2.89. The number of aliphatic imine (C=N–C) groups is 1. The lowest BCUT2D eigenvalue weighted by molar-refractivity contribution is 0.187. The normalized spacial score (nSPS) is 14.2. The van der Waals surface area contributed by atoms with E-state index in [0.29, 0.717) is 5.96 Å². The molecule has 0 bridgehead atoms. The minimum absolute atomic E-state index is 0.187. The number of nitrogens with one attached hydrogen (secondary N) is 2. The van der Waals surface area contributed by atoms with Crippen LogP contribution in [-0.2, 0) is 13.5 Å². The zero-order valence-corrected chi connectivity index (χ0v) is 16.3. The maximum Gasteiger partial charge on any atom is 0.191 e. The van der Waals surface area contributed by atoms with Gasteiger partial charge in [0.05, 0.1) is 18.3 Å². The molecule has 0 spiro atoms. The molecule has 0 fully saturated rings. The van der Waals surface area contributed by atoms with Gasteiger partial charge in [-0.3, -0.25) is 14.7 Å². The molecule has 0 aliphatic heterocycles. The molecule has 2 heterocycles. The van der Waals surface area contributed by atoms with Crippen LogP contribution < -0.4 is 10.6 Å². The van der Waals surface area contributed by atoms with Crippen LogP contribution in [0.1, 0.15) is 42.5 Å². The van der Waals surface area contributed by atoms with Crippen LogP contribution in [-0.4, -0.2) is 45.0 Å². The summed E-state index contributed by atoms with van der Waals surface area (Å²) in [6, 6.07) is 3.79. The van der Waals surface area contributed by atoms with Crippen molar-refractivity contribution in [2.75, 3.05) is 13.1 Å². The molecule has 0 aliphatic carbocycles. The monoisotopic (exact) mass is 358 g/mol. The van der Waals surface area contributed by atoms with E-state index in [1.807, 2.05) is 25.6 Å². The zero-order valence-electron chi connectivity index (χ0n) is 16.3. The van der Waals surface area contributed by atoms with Crippen LogP contribution in [0.25, 0.3) is 0 Å². The van der Waals surface area contributed by atoms with Gasteiger partial charge in [-0.1, -0.05) is 0 Å². The number of guanidine groups is 1. The van der Waals surface area contributed by atoms with Gasteiger partial charge in [-0.15, -0.1) is 0 Å². The number of aryl methyl sites for hydroxylation is 2. The Balaban J connectivity index is 2.00. The molecule has 2 aromatic rings. The van der Waals surface area contributed by atoms with Crippen molar-refractivity contribution < 1.29 is 5.11 Å². The summed E-state index contributed by atoms with van der Waals surface area (Å²) in [5.74, 6) is 0.701. The number of pyridine rings is 1. The lowest BCUT2D eigenvalue weighted by Crippen LogP contribution is -2.43. The van der Waals surface area contributed by atoms with Gasteiger partial charge in [-0.2, -0.15) is 5.10 Å². The molecule has 0 aromatic carbocycles. The molecule has 26 heavy (non-hydrogen) atoms. The number of aliphatic hydroxyl groups is 1. The van der Waals surface area contributed by atoms with Crippen molar-refractivity contribution in [1.82, 2.24) is 25.4 Å². The highest BCUT2D eigenvalue weighted by molar-refractivity contribution is 5.80. The van der Waals surface area contributed by atoms with Crippen molar-refractivity contribution in [3.63, 3.8) is 0 Å². The van der Waals surface area contributed by atoms with Gasteiger partial charge in [0.25, 0.3) is 0 Å². The second-order valence-corrected chi connectivity index (χ2v) is 6.54. The van der Waals surface area contributed by atoms with Gasteiger partial charge >= 0.3 is 0 Å². The topological polar surface area (TPSA) is 87.4 Å². The number of hydrogen-bond donors (Lipinski definition) is 3. The molecule has 2 rings (SSSR count). The average Bonchev–Trinajstić information content (AvgIpc) is 2.86. The summed E-state index contributed by atoms with van der Waals surface area (Å²) in [7, 11) is 1.97. The van der Waals surface area contributed by atoms with E-state index in [9.17, 15) is 5.11 Å². The molecule has 2 unspecified atom stereocenters. The largest absolute Gasteiger partial charge is 0.386 e. The number of aromatic nitrogens is 3. The van der Waals surface area contributed by atoms with E-state index < -0.39 is 6.10 Å². The Bertz CT molecular complexity index is 725. The standard InChI is InChI=1S/C19H30N6O/c1-6-21-19(22-12-18(26)16-7-9-20-10-8-16)23-13(2)11-17-14(3)24-25(5)15(17)4/h7-10,13,18,26H,6,11-12H2,1-5H3,(H2,21,22,23). The molecule has 3 N–H and O–H groups in total. The minimum atomic E-state index is -0.647. The zero-order chi connectivity index (χ0) is 19.1. The molecule has 7 nitrogen and oxygen atoms in total. The number of hydrogen-bond acceptors (Lipinski definition) is 4. The van der Waals surface area contributed by atoms with Crippen LogP contribution in [0.15, 0.2) is 29.5 Å². The second-order valence-electron chi connectivity index (χ2n) is 6.54. The lowest BCUT2D eigenvalue weighted by atomic mass is 10.1. The summed E-state index contributed by atoms with van der Waals surface area (Å²) in [4.78, 5) is 8.49. The molecule has 0 amide bonds. The molecule has 2 atom stereocenters. The minimum Gasteiger partial charge on any atom is -0.386 e. The maximum atomic E-state index is 10.3. The van der Waals surface area contributed by atoms with Crippen LogP contribution in [0.3, 0.4) is 0 Å². The fourth-order valence-corrected chi connectivity index (χ4v) is 2.89. The second kappa shape index (κ2) is 9.33. The first-order valence-electron chi connectivity index (χ1n) is 9.04. The lowest BCUT2D eigenvalue weighted by Gasteiger charge is -2.19. The first kappa shape index (κ1) is 19.9. The van der Waals surface area contributed by atoms with Crippen LogP contribution in [0, 0.1) is 13.8 Å². The predicted molar refractivity (Wildman–Crippen MR) is 104 cm³/mol. The van der Waals surface area contributed by atoms with Gasteiger partial charge in [-0.25, -0.2) is 0 Å². The summed E-state index contributed by atoms with van der Waals surface area (Å²) in [5.41, 5.74) is 4.33. The van der Waals surface area contributed by atoms with E-state index in [2.05, 4.69) is 39.6 Å². The first-order valence-corrected chi connectivity index (χ1v) is 9.04. The molecule has 0 saturated heterocycles. The van der Waals surface area contributed by atoms with E-state index in [4.69, 9.17) is 0 Å². The molecule has 0 radical (unpaired) electrons. The van der Waals surface area contributed by atoms with E-state index in [1.165, 1.54) is 11.3 Å². The van der Waals surface area contributed by atoms with Crippen molar-refractivity contribution >= 4 is 5.96 Å². The third-order valence-electron chi connectivity index (χ3n) is 4.41. The van der Waals surface area contributed by atoms with Gasteiger partial charge in [-0.05, 0) is 57.4 Å². The van der Waals surface area contributed by atoms with Gasteiger partial charge in [0, 0.05) is 37.7 Å². The molecule has 2 aromatic heterocycles. The Morgan fingerprint density at radius 2 is 2.00 bits per heavy atom.